The van der Waals surface area contributed by atoms with Gasteiger partial charge in [0.05, 0.1) is 12.2 Å². The van der Waals surface area contributed by atoms with Crippen LogP contribution in [0.5, 0.6) is 0 Å². The van der Waals surface area contributed by atoms with E-state index >= 15 is 0 Å². The first-order valence-electron chi connectivity index (χ1n) is 12.3. The van der Waals surface area contributed by atoms with Crippen LogP contribution in [0.3, 0.4) is 0 Å². The number of rotatable bonds is 7. The molecule has 0 atom stereocenters. The van der Waals surface area contributed by atoms with E-state index in [1.807, 2.05) is 12.1 Å². The van der Waals surface area contributed by atoms with Crippen LogP contribution in [0.25, 0.3) is 22.4 Å². The van der Waals surface area contributed by atoms with E-state index in [1.54, 1.807) is 42.8 Å². The summed E-state index contributed by atoms with van der Waals surface area (Å²) in [5, 5.41) is 14.1. The van der Waals surface area contributed by atoms with Crippen molar-refractivity contribution in [3.63, 3.8) is 0 Å². The van der Waals surface area contributed by atoms with Crippen LogP contribution in [-0.4, -0.2) is 54.5 Å². The molecule has 1 aliphatic heterocycles. The second-order valence-corrected chi connectivity index (χ2v) is 9.80. The molecule has 2 N–H and O–H groups in total. The van der Waals surface area contributed by atoms with Gasteiger partial charge in [0, 0.05) is 25.0 Å². The summed E-state index contributed by atoms with van der Waals surface area (Å²) in [7, 11) is 2.13. The molecule has 5 rings (SSSR count). The maximum absolute atomic E-state index is 13.2. The lowest BCUT2D eigenvalue weighted by molar-refractivity contribution is 0.0738. The van der Waals surface area contributed by atoms with Crippen molar-refractivity contribution in [3.8, 4) is 5.82 Å². The molecule has 0 aliphatic carbocycles. The van der Waals surface area contributed by atoms with E-state index in [2.05, 4.69) is 57.0 Å². The molecule has 4 aromatic rings. The van der Waals surface area contributed by atoms with Crippen LogP contribution in [0, 0.1) is 0 Å². The zero-order chi connectivity index (χ0) is 26.2. The molecule has 0 unspecified atom stereocenters. The van der Waals surface area contributed by atoms with E-state index in [1.165, 1.54) is 22.0 Å². The van der Waals surface area contributed by atoms with Crippen LogP contribution in [-0.2, 0) is 12.1 Å². The number of allylic oxidation sites excluding steroid dienone is 1. The minimum atomic E-state index is -1.14. The van der Waals surface area contributed by atoms with E-state index in [-0.39, 0.29) is 12.1 Å². The van der Waals surface area contributed by atoms with Crippen LogP contribution < -0.4 is 10.9 Å². The first kappa shape index (κ1) is 24.6. The molecule has 0 fully saturated rings. The van der Waals surface area contributed by atoms with Crippen LogP contribution in [0.4, 0.5) is 11.6 Å². The smallest absolute Gasteiger partial charge is 0.278 e. The molecule has 4 heterocycles. The van der Waals surface area contributed by atoms with Gasteiger partial charge in [0.1, 0.15) is 11.0 Å². The fraction of sp³-hybridized carbons (Fsp3) is 0.286. The predicted octanol–water partition coefficient (Wildman–Crippen LogP) is 3.85. The van der Waals surface area contributed by atoms with Crippen LogP contribution in [0.1, 0.15) is 31.5 Å². The summed E-state index contributed by atoms with van der Waals surface area (Å²) < 4.78 is 3.16. The van der Waals surface area contributed by atoms with Gasteiger partial charge >= 0.3 is 0 Å². The molecule has 37 heavy (non-hydrogen) atoms. The lowest BCUT2D eigenvalue weighted by Crippen LogP contribution is -2.23. The molecule has 1 aliphatic rings. The van der Waals surface area contributed by atoms with Gasteiger partial charge in [-0.3, -0.25) is 4.79 Å². The number of nitrogens with zero attached hydrogens (tertiary/aromatic N) is 6. The Labute approximate surface area is 215 Å². The SMILES string of the molecule is C=CCn1c(=O)c2cnc(Nc3ccc(C4=CCN(C)CC4)cc3)nc2n1-c1cccc(C(C)(C)O)n1. The molecule has 0 amide bonds. The number of aliphatic hydroxyl groups is 1. The van der Waals surface area contributed by atoms with Gasteiger partial charge in [0.25, 0.3) is 5.56 Å². The minimum absolute atomic E-state index is 0.243. The topological polar surface area (TPSA) is 101 Å². The van der Waals surface area contributed by atoms with Crippen molar-refractivity contribution < 1.29 is 5.11 Å². The number of anilines is 2. The average molecular weight is 498 g/mol. The molecular weight excluding hydrogens is 466 g/mol. The summed E-state index contributed by atoms with van der Waals surface area (Å²) in [5.41, 5.74) is 2.93. The Balaban J connectivity index is 1.52. The van der Waals surface area contributed by atoms with Crippen molar-refractivity contribution in [1.29, 1.82) is 0 Å². The highest BCUT2D eigenvalue weighted by Crippen LogP contribution is 2.25. The van der Waals surface area contributed by atoms with Gasteiger partial charge in [-0.1, -0.05) is 30.4 Å². The lowest BCUT2D eigenvalue weighted by Gasteiger charge is -2.22. The molecule has 1 aromatic carbocycles. The maximum atomic E-state index is 13.2. The molecule has 9 nitrogen and oxygen atoms in total. The highest BCUT2D eigenvalue weighted by molar-refractivity contribution is 5.77. The van der Waals surface area contributed by atoms with Gasteiger partial charge in [-0.2, -0.15) is 4.98 Å². The van der Waals surface area contributed by atoms with Gasteiger partial charge in [-0.05, 0) is 62.7 Å². The second-order valence-electron chi connectivity index (χ2n) is 9.80. The van der Waals surface area contributed by atoms with E-state index in [4.69, 9.17) is 0 Å². The highest BCUT2D eigenvalue weighted by atomic mass is 16.3. The maximum Gasteiger partial charge on any atom is 0.278 e. The third kappa shape index (κ3) is 4.96. The number of nitrogens with one attached hydrogen (secondary N) is 1. The lowest BCUT2D eigenvalue weighted by atomic mass is 9.99. The monoisotopic (exact) mass is 497 g/mol. The minimum Gasteiger partial charge on any atom is -0.384 e. The molecule has 190 valence electrons. The van der Waals surface area contributed by atoms with Crippen molar-refractivity contribution in [3.05, 3.63) is 89.0 Å². The zero-order valence-corrected chi connectivity index (χ0v) is 21.3. The number of pyridine rings is 1. The molecule has 9 heteroatoms. The predicted molar refractivity (Wildman–Crippen MR) is 146 cm³/mol. The Bertz CT molecular complexity index is 1540. The Morgan fingerprint density at radius 2 is 1.95 bits per heavy atom. The van der Waals surface area contributed by atoms with Gasteiger partial charge in [-0.25, -0.2) is 19.3 Å². The summed E-state index contributed by atoms with van der Waals surface area (Å²) in [6.07, 6.45) is 6.48. The van der Waals surface area contributed by atoms with Crippen molar-refractivity contribution >= 4 is 28.2 Å². The summed E-state index contributed by atoms with van der Waals surface area (Å²) >= 11 is 0. The quantitative estimate of drug-likeness (QED) is 0.374. The number of fused-ring (bicyclic) bond motifs is 1. The molecule has 0 radical (unpaired) electrons. The van der Waals surface area contributed by atoms with Crippen molar-refractivity contribution in [2.45, 2.75) is 32.4 Å². The molecule has 0 saturated heterocycles. The van der Waals surface area contributed by atoms with Gasteiger partial charge < -0.3 is 15.3 Å². The standard InChI is InChI=1S/C28H31N7O2/c1-5-15-34-26(36)22-18-29-27(30-21-11-9-19(10-12-21)20-13-16-33(4)17-14-20)32-25(22)35(34)24-8-6-7-23(31-24)28(2,3)37/h5-13,18,37H,1,14-17H2,2-4H3,(H,29,30,32). The Morgan fingerprint density at radius 3 is 2.62 bits per heavy atom. The molecule has 0 bridgehead atoms. The van der Waals surface area contributed by atoms with Crippen LogP contribution in [0.2, 0.25) is 0 Å². The third-order valence-electron chi connectivity index (χ3n) is 6.48. The largest absolute Gasteiger partial charge is 0.384 e. The zero-order valence-electron chi connectivity index (χ0n) is 21.3. The van der Waals surface area contributed by atoms with Crippen molar-refractivity contribution in [2.75, 3.05) is 25.5 Å². The molecule has 0 spiro atoms. The fourth-order valence-electron chi connectivity index (χ4n) is 4.42. The highest BCUT2D eigenvalue weighted by Gasteiger charge is 2.21. The van der Waals surface area contributed by atoms with E-state index in [0.717, 1.165) is 25.2 Å². The number of hydrogen-bond acceptors (Lipinski definition) is 7. The summed E-state index contributed by atoms with van der Waals surface area (Å²) in [5.74, 6) is 0.830. The van der Waals surface area contributed by atoms with E-state index < -0.39 is 5.60 Å². The van der Waals surface area contributed by atoms with Crippen LogP contribution >= 0.6 is 0 Å². The normalized spacial score (nSPS) is 14.5. The number of likely N-dealkylation sites (N-methyl/N-ethyl adjacent to an activating group) is 1. The number of aromatic nitrogens is 5. The number of hydrogen-bond donors (Lipinski definition) is 2. The third-order valence-corrected chi connectivity index (χ3v) is 6.48. The van der Waals surface area contributed by atoms with Crippen molar-refractivity contribution in [2.24, 2.45) is 0 Å². The first-order valence-corrected chi connectivity index (χ1v) is 12.3. The van der Waals surface area contributed by atoms with E-state index in [0.29, 0.717) is 28.5 Å². The van der Waals surface area contributed by atoms with Gasteiger partial charge in [0.2, 0.25) is 5.95 Å². The Hall–Kier alpha value is -4.08. The van der Waals surface area contributed by atoms with Crippen LogP contribution in [0.15, 0.2) is 72.2 Å². The van der Waals surface area contributed by atoms with Crippen molar-refractivity contribution in [1.82, 2.24) is 29.2 Å². The van der Waals surface area contributed by atoms with Gasteiger partial charge in [-0.15, -0.1) is 6.58 Å². The summed E-state index contributed by atoms with van der Waals surface area (Å²) in [4.78, 5) is 29.2. The molecule has 0 saturated carbocycles. The Morgan fingerprint density at radius 1 is 1.16 bits per heavy atom. The number of benzene rings is 1. The average Bonchev–Trinajstić information content (AvgIpc) is 3.15. The Kier molecular flexibility index (Phi) is 6.49. The summed E-state index contributed by atoms with van der Waals surface area (Å²) in [6.45, 7) is 9.41. The first-order chi connectivity index (χ1) is 17.7. The summed E-state index contributed by atoms with van der Waals surface area (Å²) in [6, 6.07) is 13.5. The van der Waals surface area contributed by atoms with E-state index in [9.17, 15) is 9.90 Å². The molecule has 3 aromatic heterocycles. The molecular formula is C28H31N7O2. The fourth-order valence-corrected chi connectivity index (χ4v) is 4.42. The second kappa shape index (κ2) is 9.76. The van der Waals surface area contributed by atoms with Gasteiger partial charge in [0.15, 0.2) is 11.5 Å².